The topological polar surface area (TPSA) is 145 Å². The maximum absolute atomic E-state index is 12.4. The van der Waals surface area contributed by atoms with Crippen LogP contribution in [0.2, 0.25) is 0 Å². The molecule has 0 unspecified atom stereocenters. The molecule has 0 aliphatic carbocycles. The van der Waals surface area contributed by atoms with Crippen LogP contribution in [0.3, 0.4) is 0 Å². The van der Waals surface area contributed by atoms with E-state index in [0.717, 1.165) is 0 Å². The highest BCUT2D eigenvalue weighted by Crippen LogP contribution is 2.28. The zero-order valence-corrected chi connectivity index (χ0v) is 18.6. The predicted molar refractivity (Wildman–Crippen MR) is 123 cm³/mol. The van der Waals surface area contributed by atoms with E-state index >= 15 is 0 Å². The Balaban J connectivity index is 1.66. The summed E-state index contributed by atoms with van der Waals surface area (Å²) in [4.78, 5) is 35.8. The highest BCUT2D eigenvalue weighted by Gasteiger charge is 2.29. The fourth-order valence-electron chi connectivity index (χ4n) is 3.05. The minimum absolute atomic E-state index is 0.000812. The fourth-order valence-corrected chi connectivity index (χ4v) is 3.05. The first-order valence-electron chi connectivity index (χ1n) is 10.1. The number of carbonyl (C=O) groups is 3. The van der Waals surface area contributed by atoms with Gasteiger partial charge >= 0.3 is 12.0 Å². The number of urea groups is 1. The number of nitrogens with one attached hydrogen (secondary N) is 4. The molecule has 0 bridgehead atoms. The molecule has 3 aromatic rings. The molecule has 0 spiro atoms. The van der Waals surface area contributed by atoms with Gasteiger partial charge in [-0.15, -0.1) is 0 Å². The molecule has 1 heterocycles. The predicted octanol–water partition coefficient (Wildman–Crippen LogP) is 4.20. The number of amides is 3. The number of rotatable bonds is 6. The number of carboxylic acids is 1. The average Bonchev–Trinajstić information content (AvgIpc) is 3.19. The van der Waals surface area contributed by atoms with Crippen LogP contribution in [0, 0.1) is 0 Å². The number of aromatic amines is 1. The molecule has 10 heteroatoms. The van der Waals surface area contributed by atoms with Crippen LogP contribution in [0.5, 0.6) is 11.5 Å². The van der Waals surface area contributed by atoms with E-state index in [0.29, 0.717) is 28.4 Å². The van der Waals surface area contributed by atoms with Gasteiger partial charge in [0.1, 0.15) is 22.9 Å². The van der Waals surface area contributed by atoms with Crippen molar-refractivity contribution in [2.75, 3.05) is 17.7 Å². The van der Waals surface area contributed by atoms with Gasteiger partial charge < -0.3 is 20.5 Å². The van der Waals surface area contributed by atoms with Crippen LogP contribution in [0.1, 0.15) is 47.2 Å². The number of nitrogens with zero attached hydrogens (tertiary/aromatic N) is 1. The lowest BCUT2D eigenvalue weighted by atomic mass is 9.89. The molecule has 0 saturated heterocycles. The first-order chi connectivity index (χ1) is 15.6. The lowest BCUT2D eigenvalue weighted by Gasteiger charge is -2.16. The van der Waals surface area contributed by atoms with Gasteiger partial charge in [0.05, 0.1) is 5.69 Å². The molecule has 0 radical (unpaired) electrons. The van der Waals surface area contributed by atoms with Crippen LogP contribution < -0.4 is 20.7 Å². The molecule has 2 aromatic carbocycles. The van der Waals surface area contributed by atoms with Crippen molar-refractivity contribution in [3.05, 3.63) is 65.4 Å². The summed E-state index contributed by atoms with van der Waals surface area (Å²) in [7, 11) is 1.55. The number of ether oxygens (including phenoxy) is 1. The highest BCUT2D eigenvalue weighted by atomic mass is 16.5. The van der Waals surface area contributed by atoms with Crippen molar-refractivity contribution in [1.82, 2.24) is 15.5 Å². The van der Waals surface area contributed by atoms with Crippen LogP contribution in [0.25, 0.3) is 0 Å². The number of aromatic nitrogens is 2. The molecule has 0 aliphatic rings. The molecule has 5 N–H and O–H groups in total. The molecular formula is C23H25N5O5. The summed E-state index contributed by atoms with van der Waals surface area (Å²) < 4.78 is 5.76. The number of carbonyl (C=O) groups excluding carboxylic acids is 2. The van der Waals surface area contributed by atoms with Gasteiger partial charge in [-0.3, -0.25) is 15.2 Å². The first-order valence-corrected chi connectivity index (χ1v) is 10.1. The molecule has 1 aromatic heterocycles. The molecule has 33 heavy (non-hydrogen) atoms. The Kier molecular flexibility index (Phi) is 6.67. The van der Waals surface area contributed by atoms with Gasteiger partial charge in [-0.2, -0.15) is 5.10 Å². The Bertz CT molecular complexity index is 1180. The number of carboxylic acid groups (broad SMARTS) is 1. The van der Waals surface area contributed by atoms with E-state index in [9.17, 15) is 19.5 Å². The number of H-pyrrole nitrogens is 1. The van der Waals surface area contributed by atoms with E-state index in [4.69, 9.17) is 4.74 Å². The Morgan fingerprint density at radius 1 is 1.00 bits per heavy atom. The Morgan fingerprint density at radius 3 is 2.30 bits per heavy atom. The maximum atomic E-state index is 12.4. The van der Waals surface area contributed by atoms with Gasteiger partial charge in [0, 0.05) is 23.7 Å². The molecule has 3 rings (SSSR count). The Labute approximate surface area is 190 Å². The van der Waals surface area contributed by atoms with E-state index in [2.05, 4.69) is 26.1 Å². The number of hydrogen-bond donors (Lipinski definition) is 5. The molecule has 3 amide bonds. The third-order valence-electron chi connectivity index (χ3n) is 4.60. The standard InChI is InChI=1S/C23H25N5O5/c1-23(2,3)18-17(21(30)31)19(28-27-18)26-22(32)25-14-8-10-15(11-9-14)33-16-7-5-6-13(12-16)20(29)24-4/h5-12H,1-4H3,(H,24,29)(H,30,31)(H3,25,26,27,28,32). The van der Waals surface area contributed by atoms with Gasteiger partial charge in [-0.05, 0) is 42.5 Å². The minimum Gasteiger partial charge on any atom is -0.477 e. The summed E-state index contributed by atoms with van der Waals surface area (Å²) >= 11 is 0. The highest BCUT2D eigenvalue weighted by molar-refractivity contribution is 6.04. The summed E-state index contributed by atoms with van der Waals surface area (Å²) in [6.45, 7) is 5.49. The molecular weight excluding hydrogens is 426 g/mol. The van der Waals surface area contributed by atoms with E-state index < -0.39 is 17.4 Å². The summed E-state index contributed by atoms with van der Waals surface area (Å²) in [5, 5.41) is 23.9. The van der Waals surface area contributed by atoms with Crippen molar-refractivity contribution in [2.24, 2.45) is 0 Å². The normalized spacial score (nSPS) is 10.9. The van der Waals surface area contributed by atoms with Gasteiger partial charge in [0.2, 0.25) is 0 Å². The van der Waals surface area contributed by atoms with Crippen molar-refractivity contribution < 1.29 is 24.2 Å². The molecule has 0 atom stereocenters. The largest absolute Gasteiger partial charge is 0.477 e. The lowest BCUT2D eigenvalue weighted by molar-refractivity contribution is 0.0695. The maximum Gasteiger partial charge on any atom is 0.341 e. The second kappa shape index (κ2) is 9.43. The van der Waals surface area contributed by atoms with Crippen molar-refractivity contribution in [3.8, 4) is 11.5 Å². The van der Waals surface area contributed by atoms with Gasteiger partial charge in [-0.25, -0.2) is 9.59 Å². The van der Waals surface area contributed by atoms with Crippen molar-refractivity contribution >= 4 is 29.4 Å². The minimum atomic E-state index is -1.19. The van der Waals surface area contributed by atoms with Crippen LogP contribution in [0.15, 0.2) is 48.5 Å². The van der Waals surface area contributed by atoms with Crippen molar-refractivity contribution in [3.63, 3.8) is 0 Å². The van der Waals surface area contributed by atoms with Gasteiger partial charge in [0.15, 0.2) is 0 Å². The molecule has 0 fully saturated rings. The molecule has 172 valence electrons. The number of anilines is 2. The van der Waals surface area contributed by atoms with Gasteiger partial charge in [0.25, 0.3) is 5.91 Å². The number of hydrogen-bond acceptors (Lipinski definition) is 5. The van der Waals surface area contributed by atoms with E-state index in [1.807, 2.05) is 20.8 Å². The van der Waals surface area contributed by atoms with E-state index in [1.54, 1.807) is 55.6 Å². The zero-order valence-electron chi connectivity index (χ0n) is 18.6. The van der Waals surface area contributed by atoms with Crippen LogP contribution >= 0.6 is 0 Å². The first kappa shape index (κ1) is 23.3. The fraction of sp³-hybridized carbons (Fsp3) is 0.217. The van der Waals surface area contributed by atoms with E-state index in [1.165, 1.54) is 0 Å². The summed E-state index contributed by atoms with van der Waals surface area (Å²) in [5.74, 6) is -0.410. The molecule has 0 aliphatic heterocycles. The molecule has 10 nitrogen and oxygen atoms in total. The average molecular weight is 451 g/mol. The SMILES string of the molecule is CNC(=O)c1cccc(Oc2ccc(NC(=O)Nc3[nH]nc(C(C)(C)C)c3C(=O)O)cc2)c1. The van der Waals surface area contributed by atoms with Crippen molar-refractivity contribution in [1.29, 1.82) is 0 Å². The summed E-state index contributed by atoms with van der Waals surface area (Å²) in [6.07, 6.45) is 0. The van der Waals surface area contributed by atoms with Crippen molar-refractivity contribution in [2.45, 2.75) is 26.2 Å². The smallest absolute Gasteiger partial charge is 0.341 e. The Morgan fingerprint density at radius 2 is 1.70 bits per heavy atom. The third kappa shape index (κ3) is 5.67. The third-order valence-corrected chi connectivity index (χ3v) is 4.60. The van der Waals surface area contributed by atoms with Crippen LogP contribution in [0.4, 0.5) is 16.3 Å². The second-order valence-corrected chi connectivity index (χ2v) is 8.19. The van der Waals surface area contributed by atoms with Gasteiger partial charge in [-0.1, -0.05) is 26.8 Å². The number of aromatic carboxylic acids is 1. The van der Waals surface area contributed by atoms with E-state index in [-0.39, 0.29) is 17.3 Å². The van der Waals surface area contributed by atoms with Crippen LogP contribution in [-0.2, 0) is 5.41 Å². The monoisotopic (exact) mass is 451 g/mol. The summed E-state index contributed by atoms with van der Waals surface area (Å²) in [6, 6.07) is 12.7. The zero-order chi connectivity index (χ0) is 24.2. The molecule has 0 saturated carbocycles. The second-order valence-electron chi connectivity index (χ2n) is 8.19. The quantitative estimate of drug-likeness (QED) is 0.380. The number of benzene rings is 2. The van der Waals surface area contributed by atoms with Crippen LogP contribution in [-0.4, -0.2) is 40.3 Å². The lowest BCUT2D eigenvalue weighted by Crippen LogP contribution is -2.22. The summed E-state index contributed by atoms with van der Waals surface area (Å²) in [5.41, 5.74) is 0.675. The Hall–Kier alpha value is -4.34.